The van der Waals surface area contributed by atoms with Gasteiger partial charge in [0.1, 0.15) is 0 Å². The minimum absolute atomic E-state index is 0.0709. The fourth-order valence-electron chi connectivity index (χ4n) is 4.20. The Balaban J connectivity index is 1.58. The van der Waals surface area contributed by atoms with E-state index < -0.39 is 10.0 Å². The molecule has 2 fully saturated rings. The molecule has 2 aliphatic rings. The lowest BCUT2D eigenvalue weighted by molar-refractivity contribution is -0.127. The van der Waals surface area contributed by atoms with Crippen LogP contribution in [0.4, 0.5) is 0 Å². The SMILES string of the molecule is CC(=O)c1ccc(S(=O)(=O)N2CCC(C(=O)NC3CCCCC3C)CC2)cc1. The van der Waals surface area contributed by atoms with Crippen molar-refractivity contribution in [3.8, 4) is 0 Å². The van der Waals surface area contributed by atoms with Crippen LogP contribution in [0.2, 0.25) is 0 Å². The van der Waals surface area contributed by atoms with Crippen LogP contribution in [0.3, 0.4) is 0 Å². The molecule has 1 aliphatic carbocycles. The van der Waals surface area contributed by atoms with E-state index in [0.29, 0.717) is 37.4 Å². The number of rotatable bonds is 5. The molecular weight excluding hydrogens is 376 g/mol. The number of nitrogens with one attached hydrogen (secondary N) is 1. The van der Waals surface area contributed by atoms with E-state index in [1.165, 1.54) is 29.8 Å². The third-order valence-electron chi connectivity index (χ3n) is 6.16. The van der Waals surface area contributed by atoms with Crippen molar-refractivity contribution in [2.75, 3.05) is 13.1 Å². The van der Waals surface area contributed by atoms with Crippen LogP contribution in [0.25, 0.3) is 0 Å². The molecule has 6 nitrogen and oxygen atoms in total. The largest absolute Gasteiger partial charge is 0.353 e. The Labute approximate surface area is 167 Å². The summed E-state index contributed by atoms with van der Waals surface area (Å²) in [7, 11) is -3.60. The molecule has 1 heterocycles. The maximum Gasteiger partial charge on any atom is 0.243 e. The molecule has 0 aromatic heterocycles. The molecule has 154 valence electrons. The van der Waals surface area contributed by atoms with Gasteiger partial charge in [0.05, 0.1) is 4.90 Å². The number of piperidine rings is 1. The Hall–Kier alpha value is -1.73. The van der Waals surface area contributed by atoms with Crippen molar-refractivity contribution in [1.82, 2.24) is 9.62 Å². The lowest BCUT2D eigenvalue weighted by Gasteiger charge is -2.34. The molecule has 1 saturated carbocycles. The maximum absolute atomic E-state index is 12.8. The third kappa shape index (κ3) is 4.63. The fraction of sp³-hybridized carbons (Fsp3) is 0.619. The lowest BCUT2D eigenvalue weighted by atomic mass is 9.85. The number of Topliss-reactive ketones (excluding diaryl/α,β-unsaturated/α-hetero) is 1. The number of carbonyl (C=O) groups is 2. The van der Waals surface area contributed by atoms with Gasteiger partial charge in [0.25, 0.3) is 0 Å². The van der Waals surface area contributed by atoms with Gasteiger partial charge in [-0.2, -0.15) is 4.31 Å². The quantitative estimate of drug-likeness (QED) is 0.762. The standard InChI is InChI=1S/C21H30N2O4S/c1-15-5-3-4-6-20(15)22-21(25)18-11-13-23(14-12-18)28(26,27)19-9-7-17(8-10-19)16(2)24/h7-10,15,18,20H,3-6,11-14H2,1-2H3,(H,22,25). The Morgan fingerprint density at radius 3 is 2.18 bits per heavy atom. The van der Waals surface area contributed by atoms with Gasteiger partial charge in [-0.05, 0) is 50.7 Å². The summed E-state index contributed by atoms with van der Waals surface area (Å²) in [6, 6.07) is 6.30. The van der Waals surface area contributed by atoms with Crippen molar-refractivity contribution in [3.63, 3.8) is 0 Å². The molecule has 0 spiro atoms. The highest BCUT2D eigenvalue weighted by molar-refractivity contribution is 7.89. The Kier molecular flexibility index (Phi) is 6.55. The van der Waals surface area contributed by atoms with E-state index in [-0.39, 0.29) is 28.5 Å². The molecule has 3 rings (SSSR count). The summed E-state index contributed by atoms with van der Waals surface area (Å²) in [6.45, 7) is 4.33. The number of amides is 1. The summed E-state index contributed by atoms with van der Waals surface area (Å²) in [4.78, 5) is 24.2. The van der Waals surface area contributed by atoms with E-state index in [2.05, 4.69) is 12.2 Å². The van der Waals surface area contributed by atoms with Gasteiger partial charge in [-0.15, -0.1) is 0 Å². The van der Waals surface area contributed by atoms with Crippen LogP contribution in [-0.2, 0) is 14.8 Å². The Morgan fingerprint density at radius 1 is 1.00 bits per heavy atom. The predicted molar refractivity (Wildman–Crippen MR) is 107 cm³/mol. The van der Waals surface area contributed by atoms with Gasteiger partial charge in [-0.3, -0.25) is 9.59 Å². The number of sulfonamides is 1. The summed E-state index contributed by atoms with van der Waals surface area (Å²) >= 11 is 0. The van der Waals surface area contributed by atoms with E-state index in [1.807, 2.05) is 0 Å². The molecule has 1 amide bonds. The minimum Gasteiger partial charge on any atom is -0.353 e. The van der Waals surface area contributed by atoms with Crippen molar-refractivity contribution in [1.29, 1.82) is 0 Å². The molecular formula is C21H30N2O4S. The van der Waals surface area contributed by atoms with E-state index in [9.17, 15) is 18.0 Å². The first kappa shape index (κ1) is 21.0. The van der Waals surface area contributed by atoms with Gasteiger partial charge in [0.15, 0.2) is 5.78 Å². The van der Waals surface area contributed by atoms with E-state index >= 15 is 0 Å². The smallest absolute Gasteiger partial charge is 0.243 e. The highest BCUT2D eigenvalue weighted by atomic mass is 32.2. The monoisotopic (exact) mass is 406 g/mol. The van der Waals surface area contributed by atoms with Crippen molar-refractivity contribution in [3.05, 3.63) is 29.8 Å². The molecule has 1 aromatic rings. The molecule has 1 N–H and O–H groups in total. The van der Waals surface area contributed by atoms with Gasteiger partial charge in [-0.25, -0.2) is 8.42 Å². The van der Waals surface area contributed by atoms with Crippen molar-refractivity contribution < 1.29 is 18.0 Å². The molecule has 0 bridgehead atoms. The number of benzene rings is 1. The first-order valence-corrected chi connectivity index (χ1v) is 11.6. The topological polar surface area (TPSA) is 83.6 Å². The molecule has 1 saturated heterocycles. The van der Waals surface area contributed by atoms with Gasteiger partial charge >= 0.3 is 0 Å². The second-order valence-corrected chi connectivity index (χ2v) is 10.1. The van der Waals surface area contributed by atoms with Crippen LogP contribution < -0.4 is 5.32 Å². The summed E-state index contributed by atoms with van der Waals surface area (Å²) < 4.78 is 27.1. The second-order valence-electron chi connectivity index (χ2n) is 8.14. The van der Waals surface area contributed by atoms with Crippen molar-refractivity contribution in [2.24, 2.45) is 11.8 Å². The summed E-state index contributed by atoms with van der Waals surface area (Å²) in [5, 5.41) is 3.20. The first-order valence-electron chi connectivity index (χ1n) is 10.2. The van der Waals surface area contributed by atoms with Crippen molar-refractivity contribution in [2.45, 2.75) is 63.3 Å². The van der Waals surface area contributed by atoms with Crippen LogP contribution in [0, 0.1) is 11.8 Å². The van der Waals surface area contributed by atoms with Crippen LogP contribution in [-0.4, -0.2) is 43.5 Å². The van der Waals surface area contributed by atoms with E-state index in [4.69, 9.17) is 0 Å². The first-order chi connectivity index (χ1) is 13.3. The third-order valence-corrected chi connectivity index (χ3v) is 8.08. The number of ketones is 1. The minimum atomic E-state index is -3.60. The molecule has 1 aromatic carbocycles. The maximum atomic E-state index is 12.8. The number of hydrogen-bond donors (Lipinski definition) is 1. The zero-order valence-electron chi connectivity index (χ0n) is 16.7. The molecule has 2 atom stereocenters. The van der Waals surface area contributed by atoms with Gasteiger partial charge < -0.3 is 5.32 Å². The van der Waals surface area contributed by atoms with Gasteiger partial charge in [-0.1, -0.05) is 31.9 Å². The zero-order chi connectivity index (χ0) is 20.3. The number of nitrogens with zero attached hydrogens (tertiary/aromatic N) is 1. The molecule has 1 aliphatic heterocycles. The average Bonchev–Trinajstić information content (AvgIpc) is 2.70. The number of hydrogen-bond acceptors (Lipinski definition) is 4. The summed E-state index contributed by atoms with van der Waals surface area (Å²) in [6.07, 6.45) is 5.67. The molecule has 0 radical (unpaired) electrons. The Morgan fingerprint density at radius 2 is 1.61 bits per heavy atom. The van der Waals surface area contributed by atoms with Crippen molar-refractivity contribution >= 4 is 21.7 Å². The predicted octanol–water partition coefficient (Wildman–Crippen LogP) is 2.98. The van der Waals surface area contributed by atoms with Gasteiger partial charge in [0, 0.05) is 30.6 Å². The highest BCUT2D eigenvalue weighted by Gasteiger charge is 2.33. The van der Waals surface area contributed by atoms with Crippen LogP contribution in [0.15, 0.2) is 29.2 Å². The van der Waals surface area contributed by atoms with Crippen LogP contribution in [0.1, 0.15) is 62.7 Å². The second kappa shape index (κ2) is 8.74. The van der Waals surface area contributed by atoms with E-state index in [1.54, 1.807) is 12.1 Å². The summed E-state index contributed by atoms with van der Waals surface area (Å²) in [5.74, 6) is 0.362. The normalized spacial score (nSPS) is 24.6. The highest BCUT2D eigenvalue weighted by Crippen LogP contribution is 2.27. The molecule has 28 heavy (non-hydrogen) atoms. The molecule has 2 unspecified atom stereocenters. The Bertz CT molecular complexity index is 811. The van der Waals surface area contributed by atoms with Gasteiger partial charge in [0.2, 0.25) is 15.9 Å². The van der Waals surface area contributed by atoms with E-state index in [0.717, 1.165) is 19.3 Å². The fourth-order valence-corrected chi connectivity index (χ4v) is 5.67. The number of carbonyl (C=O) groups excluding carboxylic acids is 2. The average molecular weight is 407 g/mol. The zero-order valence-corrected chi connectivity index (χ0v) is 17.5. The summed E-state index contributed by atoms with van der Waals surface area (Å²) in [5.41, 5.74) is 0.492. The van der Waals surface area contributed by atoms with Crippen LogP contribution >= 0.6 is 0 Å². The van der Waals surface area contributed by atoms with Crippen LogP contribution in [0.5, 0.6) is 0 Å². The lowest BCUT2D eigenvalue weighted by Crippen LogP contribution is -2.47. The molecule has 7 heteroatoms.